The normalized spacial score (nSPS) is 27.6. The molecular weight excluding hydrogens is 220 g/mol. The number of ether oxygens (including phenoxy) is 1. The van der Waals surface area contributed by atoms with Gasteiger partial charge in [0, 0.05) is 12.6 Å². The fourth-order valence-corrected chi connectivity index (χ4v) is 2.45. The second kappa shape index (κ2) is 4.47. The van der Waals surface area contributed by atoms with E-state index in [1.807, 2.05) is 0 Å². The predicted octanol–water partition coefficient (Wildman–Crippen LogP) is 2.63. The van der Waals surface area contributed by atoms with Crippen LogP contribution in [0.4, 0.5) is 5.13 Å². The highest BCUT2D eigenvalue weighted by Crippen LogP contribution is 2.26. The van der Waals surface area contributed by atoms with Gasteiger partial charge in [0.15, 0.2) is 5.13 Å². The number of hydrogen-bond acceptors (Lipinski definition) is 4. The number of aromatic nitrogens is 1. The van der Waals surface area contributed by atoms with Gasteiger partial charge in [-0.1, -0.05) is 29.9 Å². The lowest BCUT2D eigenvalue weighted by Crippen LogP contribution is -2.35. The number of rotatable bonds is 2. The van der Waals surface area contributed by atoms with Gasteiger partial charge in [0.25, 0.3) is 0 Å². The van der Waals surface area contributed by atoms with Crippen LogP contribution in [-0.2, 0) is 4.74 Å². The summed E-state index contributed by atoms with van der Waals surface area (Å²) in [5.74, 6) is 0.534. The third-order valence-electron chi connectivity index (χ3n) is 2.43. The number of nitrogens with one attached hydrogen (secondary N) is 1. The van der Waals surface area contributed by atoms with Gasteiger partial charge in [-0.15, -0.1) is 0 Å². The minimum Gasteiger partial charge on any atom is -0.381 e. The molecule has 2 atom stereocenters. The smallest absolute Gasteiger partial charge is 0.184 e. The van der Waals surface area contributed by atoms with E-state index in [9.17, 15) is 0 Å². The maximum Gasteiger partial charge on any atom is 0.184 e. The quantitative estimate of drug-likeness (QED) is 0.851. The third-order valence-corrected chi connectivity index (χ3v) is 3.47. The zero-order valence-electron chi connectivity index (χ0n) is 8.00. The van der Waals surface area contributed by atoms with Crippen molar-refractivity contribution in [1.82, 2.24) is 4.98 Å². The van der Waals surface area contributed by atoms with E-state index in [0.717, 1.165) is 29.1 Å². The molecule has 1 aliphatic rings. The second-order valence-corrected chi connectivity index (χ2v) is 5.22. The molecule has 1 aromatic rings. The largest absolute Gasteiger partial charge is 0.381 e. The zero-order chi connectivity index (χ0) is 9.97. The first-order chi connectivity index (χ1) is 6.75. The van der Waals surface area contributed by atoms with E-state index in [4.69, 9.17) is 16.3 Å². The molecule has 0 aromatic carbocycles. The topological polar surface area (TPSA) is 34.1 Å². The van der Waals surface area contributed by atoms with Crippen LogP contribution in [0.1, 0.15) is 13.3 Å². The molecule has 0 radical (unpaired) electrons. The lowest BCUT2D eigenvalue weighted by Gasteiger charge is -2.29. The Kier molecular flexibility index (Phi) is 3.26. The Morgan fingerprint density at radius 1 is 1.71 bits per heavy atom. The van der Waals surface area contributed by atoms with Crippen molar-refractivity contribution in [2.24, 2.45) is 5.92 Å². The predicted molar refractivity (Wildman–Crippen MR) is 59.1 cm³/mol. The van der Waals surface area contributed by atoms with Crippen molar-refractivity contribution in [2.45, 2.75) is 19.4 Å². The van der Waals surface area contributed by atoms with Gasteiger partial charge in [-0.2, -0.15) is 0 Å². The zero-order valence-corrected chi connectivity index (χ0v) is 9.57. The maximum atomic E-state index is 5.81. The Balaban J connectivity index is 1.95. The van der Waals surface area contributed by atoms with Crippen molar-refractivity contribution >= 4 is 28.1 Å². The number of hydrogen-bond donors (Lipinski definition) is 1. The minimum absolute atomic E-state index is 0.464. The van der Waals surface area contributed by atoms with Crippen molar-refractivity contribution in [3.63, 3.8) is 0 Å². The van der Waals surface area contributed by atoms with Crippen molar-refractivity contribution < 1.29 is 4.74 Å². The van der Waals surface area contributed by atoms with E-state index in [2.05, 4.69) is 17.2 Å². The lowest BCUT2D eigenvalue weighted by molar-refractivity contribution is 0.0537. The number of halogens is 1. The molecule has 1 saturated heterocycles. The van der Waals surface area contributed by atoms with Crippen LogP contribution in [0.15, 0.2) is 6.20 Å². The molecule has 78 valence electrons. The highest BCUT2D eigenvalue weighted by atomic mass is 35.5. The fourth-order valence-electron chi connectivity index (χ4n) is 1.57. The molecule has 5 heteroatoms. The molecule has 0 saturated carbocycles. The lowest BCUT2D eigenvalue weighted by atomic mass is 9.98. The number of nitrogens with zero attached hydrogens (tertiary/aromatic N) is 1. The van der Waals surface area contributed by atoms with Crippen LogP contribution < -0.4 is 5.32 Å². The Morgan fingerprint density at radius 3 is 3.21 bits per heavy atom. The molecule has 2 unspecified atom stereocenters. The Morgan fingerprint density at radius 2 is 2.57 bits per heavy atom. The van der Waals surface area contributed by atoms with Gasteiger partial charge in [0.2, 0.25) is 0 Å². The van der Waals surface area contributed by atoms with E-state index in [1.54, 1.807) is 6.20 Å². The van der Waals surface area contributed by atoms with Crippen LogP contribution in [0.3, 0.4) is 0 Å². The average Bonchev–Trinajstić information content (AvgIpc) is 2.56. The summed E-state index contributed by atoms with van der Waals surface area (Å²) in [5, 5.41) is 4.31. The summed E-state index contributed by atoms with van der Waals surface area (Å²) in [6, 6.07) is 0.464. The second-order valence-electron chi connectivity index (χ2n) is 3.56. The summed E-state index contributed by atoms with van der Waals surface area (Å²) >= 11 is 7.29. The molecule has 0 bridgehead atoms. The van der Waals surface area contributed by atoms with Crippen molar-refractivity contribution in [3.8, 4) is 0 Å². The van der Waals surface area contributed by atoms with Crippen LogP contribution >= 0.6 is 22.9 Å². The minimum atomic E-state index is 0.464. The van der Waals surface area contributed by atoms with Gasteiger partial charge >= 0.3 is 0 Å². The van der Waals surface area contributed by atoms with Gasteiger partial charge < -0.3 is 10.1 Å². The van der Waals surface area contributed by atoms with E-state index in [1.165, 1.54) is 11.3 Å². The first kappa shape index (κ1) is 10.2. The molecule has 0 amide bonds. The molecule has 0 spiro atoms. The van der Waals surface area contributed by atoms with E-state index >= 15 is 0 Å². The molecule has 2 rings (SSSR count). The fraction of sp³-hybridized carbons (Fsp3) is 0.667. The highest BCUT2D eigenvalue weighted by molar-refractivity contribution is 7.19. The Labute approximate surface area is 92.4 Å². The average molecular weight is 233 g/mol. The summed E-state index contributed by atoms with van der Waals surface area (Å²) in [4.78, 5) is 4.18. The number of anilines is 1. The molecule has 1 N–H and O–H groups in total. The standard InChI is InChI=1S/C9H13ClN2OS/c1-6-5-13-3-2-7(6)12-9-11-4-8(10)14-9/h4,6-7H,2-3,5H2,1H3,(H,11,12). The monoisotopic (exact) mass is 232 g/mol. The first-order valence-corrected chi connectivity index (χ1v) is 5.91. The molecule has 3 nitrogen and oxygen atoms in total. The molecule has 1 fully saturated rings. The van der Waals surface area contributed by atoms with Crippen molar-refractivity contribution in [2.75, 3.05) is 18.5 Å². The summed E-state index contributed by atoms with van der Waals surface area (Å²) in [6.07, 6.45) is 2.72. The molecule has 1 aromatic heterocycles. The van der Waals surface area contributed by atoms with Crippen molar-refractivity contribution in [1.29, 1.82) is 0 Å². The molecular formula is C9H13ClN2OS. The molecule has 0 aliphatic carbocycles. The van der Waals surface area contributed by atoms with Gasteiger partial charge in [-0.25, -0.2) is 4.98 Å². The summed E-state index contributed by atoms with van der Waals surface area (Å²) in [7, 11) is 0. The van der Waals surface area contributed by atoms with Crippen LogP contribution in [0.25, 0.3) is 0 Å². The van der Waals surface area contributed by atoms with E-state index in [0.29, 0.717) is 12.0 Å². The van der Waals surface area contributed by atoms with E-state index in [-0.39, 0.29) is 0 Å². The van der Waals surface area contributed by atoms with Crippen LogP contribution in [-0.4, -0.2) is 24.2 Å². The van der Waals surface area contributed by atoms with Gasteiger partial charge in [-0.05, 0) is 12.3 Å². The van der Waals surface area contributed by atoms with Crippen LogP contribution in [0.2, 0.25) is 4.34 Å². The van der Waals surface area contributed by atoms with Gasteiger partial charge in [0.05, 0.1) is 12.8 Å². The third kappa shape index (κ3) is 2.38. The first-order valence-electron chi connectivity index (χ1n) is 4.71. The maximum absolute atomic E-state index is 5.81. The van der Waals surface area contributed by atoms with Gasteiger partial charge in [0.1, 0.15) is 4.34 Å². The van der Waals surface area contributed by atoms with Crippen LogP contribution in [0, 0.1) is 5.92 Å². The summed E-state index contributed by atoms with van der Waals surface area (Å²) in [5.41, 5.74) is 0. The van der Waals surface area contributed by atoms with Gasteiger partial charge in [-0.3, -0.25) is 0 Å². The SMILES string of the molecule is CC1COCCC1Nc1ncc(Cl)s1. The van der Waals surface area contributed by atoms with E-state index < -0.39 is 0 Å². The Hall–Kier alpha value is -0.320. The summed E-state index contributed by atoms with van der Waals surface area (Å²) in [6.45, 7) is 3.85. The molecule has 1 aliphatic heterocycles. The highest BCUT2D eigenvalue weighted by Gasteiger charge is 2.22. The van der Waals surface area contributed by atoms with Crippen molar-refractivity contribution in [3.05, 3.63) is 10.5 Å². The number of thiazole rings is 1. The van der Waals surface area contributed by atoms with Crippen LogP contribution in [0.5, 0.6) is 0 Å². The molecule has 14 heavy (non-hydrogen) atoms. The molecule has 2 heterocycles. The summed E-state index contributed by atoms with van der Waals surface area (Å²) < 4.78 is 6.10. The Bertz CT molecular complexity index is 305.